The first-order valence-electron chi connectivity index (χ1n) is 11.2. The van der Waals surface area contributed by atoms with E-state index in [4.69, 9.17) is 15.6 Å². The Labute approximate surface area is 204 Å². The van der Waals surface area contributed by atoms with Gasteiger partial charge in [0.15, 0.2) is 11.4 Å². The van der Waals surface area contributed by atoms with E-state index in [0.29, 0.717) is 11.3 Å². The summed E-state index contributed by atoms with van der Waals surface area (Å²) in [7, 11) is 3.34. The molecule has 192 valence electrons. The number of benzene rings is 1. The van der Waals surface area contributed by atoms with Crippen molar-refractivity contribution < 1.29 is 49.4 Å². The summed E-state index contributed by atoms with van der Waals surface area (Å²) < 4.78 is 4.90. The number of hydrogen-bond acceptors (Lipinski definition) is 11. The summed E-state index contributed by atoms with van der Waals surface area (Å²) in [6.45, 7) is -0.781. The number of phenols is 1. The Hall–Kier alpha value is -3.90. The highest BCUT2D eigenvalue weighted by Crippen LogP contribution is 2.53. The number of primary amides is 1. The molecule has 0 heterocycles. The van der Waals surface area contributed by atoms with Gasteiger partial charge in [0.25, 0.3) is 5.91 Å². The molecule has 0 bridgehead atoms. The van der Waals surface area contributed by atoms with Gasteiger partial charge >= 0.3 is 5.97 Å². The summed E-state index contributed by atoms with van der Waals surface area (Å²) in [5.41, 5.74) is 1.64. The van der Waals surface area contributed by atoms with Crippen molar-refractivity contribution in [3.8, 4) is 5.75 Å². The van der Waals surface area contributed by atoms with Gasteiger partial charge < -0.3 is 40.9 Å². The number of phenolic OH excluding ortho intramolecular Hbond substituents is 1. The number of hydrogen-bond donors (Lipinski definition) is 6. The van der Waals surface area contributed by atoms with Gasteiger partial charge in [-0.25, -0.2) is 4.79 Å². The number of nitrogens with two attached hydrogens (primary N) is 1. The first kappa shape index (κ1) is 25.2. The highest BCUT2D eigenvalue weighted by atomic mass is 16.5. The number of ketones is 2. The molecule has 0 aliphatic heterocycles. The maximum atomic E-state index is 13.6. The number of Topliss-reactive ketones (excluding diaryl/α,β-unsaturated/α-hetero) is 2. The van der Waals surface area contributed by atoms with Crippen LogP contribution >= 0.6 is 0 Å². The third-order valence-corrected chi connectivity index (χ3v) is 7.07. The summed E-state index contributed by atoms with van der Waals surface area (Å²) in [5, 5.41) is 53.0. The van der Waals surface area contributed by atoms with Crippen molar-refractivity contribution in [2.24, 2.45) is 17.6 Å². The summed E-state index contributed by atoms with van der Waals surface area (Å²) >= 11 is 0. The lowest BCUT2D eigenvalue weighted by Crippen LogP contribution is -2.58. The van der Waals surface area contributed by atoms with E-state index < -0.39 is 76.7 Å². The SMILES string of the molecule is CN(C)c1cc(C(=O)OCCO)c(O)c2c1C[C@H]1C[C@H]3CC(=O)C(C(N)=O)=C(O)[C@@]3(O)C(=O)C1=C2O. The lowest BCUT2D eigenvalue weighted by atomic mass is 9.59. The Morgan fingerprint density at radius 2 is 1.86 bits per heavy atom. The molecule has 1 aromatic rings. The van der Waals surface area contributed by atoms with Gasteiger partial charge in [0.05, 0.1) is 12.2 Å². The number of aliphatic hydroxyl groups is 4. The highest BCUT2D eigenvalue weighted by molar-refractivity contribution is 6.22. The second-order valence-corrected chi connectivity index (χ2v) is 9.31. The first-order valence-corrected chi connectivity index (χ1v) is 11.2. The minimum Gasteiger partial charge on any atom is -0.508 e. The molecule has 7 N–H and O–H groups in total. The average Bonchev–Trinajstić information content (AvgIpc) is 2.79. The molecule has 0 saturated heterocycles. The molecule has 1 amide bonds. The Balaban J connectivity index is 1.94. The lowest BCUT2D eigenvalue weighted by Gasteiger charge is -2.46. The van der Waals surface area contributed by atoms with Crippen LogP contribution in [0.1, 0.15) is 34.3 Å². The van der Waals surface area contributed by atoms with Crippen LogP contribution in [-0.4, -0.2) is 81.9 Å². The number of fused-ring (bicyclic) bond motifs is 3. The van der Waals surface area contributed by atoms with Crippen molar-refractivity contribution in [2.45, 2.75) is 24.9 Å². The molecule has 12 heteroatoms. The van der Waals surface area contributed by atoms with E-state index in [-0.39, 0.29) is 36.1 Å². The zero-order valence-corrected chi connectivity index (χ0v) is 19.6. The minimum absolute atomic E-state index is 0.00314. The average molecular weight is 502 g/mol. The molecular formula is C24H26N2O10. The summed E-state index contributed by atoms with van der Waals surface area (Å²) in [5.74, 6) is -8.51. The standard InChI is InChI=1S/C24H26N2O10/c1-26(2)13-8-12(23(34)36-4-3-27)18(29)16-11(13)6-9-5-10-7-14(28)17(22(25)33)21(32)24(10,35)20(31)15(9)19(16)30/h8-10,27,29-30,32,35H,3-7H2,1-2H3,(H2,25,33)/t9-,10+,24+/m1/s1. The van der Waals surface area contributed by atoms with Gasteiger partial charge in [0.2, 0.25) is 5.78 Å². The Morgan fingerprint density at radius 1 is 1.19 bits per heavy atom. The fourth-order valence-corrected chi connectivity index (χ4v) is 5.44. The molecule has 0 radical (unpaired) electrons. The zero-order valence-electron chi connectivity index (χ0n) is 19.6. The number of aliphatic hydroxyl groups excluding tert-OH is 3. The third kappa shape index (κ3) is 3.44. The smallest absolute Gasteiger partial charge is 0.342 e. The van der Waals surface area contributed by atoms with E-state index in [1.165, 1.54) is 6.07 Å². The zero-order chi connectivity index (χ0) is 26.7. The van der Waals surface area contributed by atoms with Crippen molar-refractivity contribution in [3.63, 3.8) is 0 Å². The molecule has 1 saturated carbocycles. The third-order valence-electron chi connectivity index (χ3n) is 7.07. The minimum atomic E-state index is -2.67. The van der Waals surface area contributed by atoms with Crippen LogP contribution in [0.25, 0.3) is 5.76 Å². The number of aromatic hydroxyl groups is 1. The van der Waals surface area contributed by atoms with Crippen LogP contribution in [0.5, 0.6) is 5.75 Å². The van der Waals surface area contributed by atoms with Crippen LogP contribution in [0.15, 0.2) is 23.0 Å². The normalized spacial score (nSPS) is 25.2. The fraction of sp³-hybridized carbons (Fsp3) is 0.417. The first-order chi connectivity index (χ1) is 16.9. The van der Waals surface area contributed by atoms with Crippen LogP contribution in [0.2, 0.25) is 0 Å². The highest BCUT2D eigenvalue weighted by Gasteiger charge is 2.60. The number of anilines is 1. The van der Waals surface area contributed by atoms with Gasteiger partial charge in [-0.1, -0.05) is 0 Å². The predicted octanol–water partition coefficient (Wildman–Crippen LogP) is -0.361. The van der Waals surface area contributed by atoms with Crippen molar-refractivity contribution in [1.29, 1.82) is 0 Å². The van der Waals surface area contributed by atoms with E-state index in [1.807, 2.05) is 0 Å². The van der Waals surface area contributed by atoms with E-state index in [2.05, 4.69) is 0 Å². The number of carbonyl (C=O) groups is 4. The van der Waals surface area contributed by atoms with Gasteiger partial charge in [0.1, 0.15) is 35.0 Å². The van der Waals surface area contributed by atoms with E-state index in [0.717, 1.165) is 0 Å². The molecule has 4 rings (SSSR count). The molecule has 36 heavy (non-hydrogen) atoms. The van der Waals surface area contributed by atoms with E-state index in [1.54, 1.807) is 19.0 Å². The Morgan fingerprint density at radius 3 is 2.44 bits per heavy atom. The van der Waals surface area contributed by atoms with Gasteiger partial charge in [-0.15, -0.1) is 0 Å². The Bertz CT molecular complexity index is 1280. The maximum Gasteiger partial charge on any atom is 0.342 e. The van der Waals surface area contributed by atoms with Crippen LogP contribution in [-0.2, 0) is 25.5 Å². The molecule has 3 aliphatic rings. The summed E-state index contributed by atoms with van der Waals surface area (Å²) in [6, 6.07) is 1.37. The van der Waals surface area contributed by atoms with Crippen molar-refractivity contribution in [1.82, 2.24) is 0 Å². The molecule has 3 aliphatic carbocycles. The maximum absolute atomic E-state index is 13.6. The molecule has 0 aromatic heterocycles. The molecular weight excluding hydrogens is 476 g/mol. The van der Waals surface area contributed by atoms with E-state index in [9.17, 15) is 39.6 Å². The fourth-order valence-electron chi connectivity index (χ4n) is 5.44. The van der Waals surface area contributed by atoms with Gasteiger partial charge in [0, 0.05) is 37.7 Å². The molecule has 3 atom stereocenters. The van der Waals surface area contributed by atoms with Crippen LogP contribution in [0, 0.1) is 11.8 Å². The van der Waals surface area contributed by atoms with Gasteiger partial charge in [-0.05, 0) is 30.4 Å². The molecule has 1 fully saturated rings. The number of rotatable bonds is 5. The van der Waals surface area contributed by atoms with Crippen molar-refractivity contribution in [3.05, 3.63) is 39.7 Å². The second kappa shape index (κ2) is 8.64. The molecule has 12 nitrogen and oxygen atoms in total. The summed E-state index contributed by atoms with van der Waals surface area (Å²) in [6.07, 6.45) is -0.318. The van der Waals surface area contributed by atoms with Crippen LogP contribution in [0.3, 0.4) is 0 Å². The summed E-state index contributed by atoms with van der Waals surface area (Å²) in [4.78, 5) is 51.9. The largest absolute Gasteiger partial charge is 0.508 e. The van der Waals surface area contributed by atoms with Gasteiger partial charge in [-0.3, -0.25) is 14.4 Å². The molecule has 0 spiro atoms. The topological polar surface area (TPSA) is 208 Å². The number of nitrogens with zero attached hydrogens (tertiary/aromatic N) is 1. The van der Waals surface area contributed by atoms with E-state index >= 15 is 0 Å². The number of esters is 1. The second-order valence-electron chi connectivity index (χ2n) is 9.31. The Kier molecular flexibility index (Phi) is 6.05. The molecule has 1 aromatic carbocycles. The monoisotopic (exact) mass is 502 g/mol. The molecule has 0 unspecified atom stereocenters. The van der Waals surface area contributed by atoms with Crippen molar-refractivity contribution in [2.75, 3.05) is 32.2 Å². The lowest BCUT2D eigenvalue weighted by molar-refractivity contribution is -0.147. The number of carbonyl (C=O) groups excluding carboxylic acids is 4. The number of amides is 1. The van der Waals surface area contributed by atoms with Gasteiger partial charge in [-0.2, -0.15) is 0 Å². The van der Waals surface area contributed by atoms with Crippen LogP contribution in [0.4, 0.5) is 5.69 Å². The van der Waals surface area contributed by atoms with Crippen LogP contribution < -0.4 is 10.6 Å². The predicted molar refractivity (Wildman–Crippen MR) is 123 cm³/mol. The quantitative estimate of drug-likeness (QED) is 0.226. The number of ether oxygens (including phenoxy) is 1. The van der Waals surface area contributed by atoms with Crippen molar-refractivity contribution >= 4 is 34.9 Å².